The quantitative estimate of drug-likeness (QED) is 0.755. The predicted molar refractivity (Wildman–Crippen MR) is 114 cm³/mol. The van der Waals surface area contributed by atoms with Crippen LogP contribution in [0.1, 0.15) is 34.8 Å². The van der Waals surface area contributed by atoms with E-state index in [0.717, 1.165) is 50.3 Å². The van der Waals surface area contributed by atoms with Crippen molar-refractivity contribution >= 4 is 15.9 Å². The third-order valence-electron chi connectivity index (χ3n) is 5.20. The van der Waals surface area contributed by atoms with Gasteiger partial charge in [-0.1, -0.05) is 36.8 Å². The monoisotopic (exact) mass is 415 g/mol. The molecule has 0 bridgehead atoms. The summed E-state index contributed by atoms with van der Waals surface area (Å²) >= 11 is 0. The Hall–Kier alpha value is -2.22. The Labute approximate surface area is 173 Å². The van der Waals surface area contributed by atoms with E-state index in [0.29, 0.717) is 5.56 Å². The number of hydrogen-bond donors (Lipinski definition) is 1. The molecule has 1 aliphatic heterocycles. The molecule has 29 heavy (non-hydrogen) atoms. The van der Waals surface area contributed by atoms with E-state index in [9.17, 15) is 13.2 Å². The van der Waals surface area contributed by atoms with Gasteiger partial charge in [-0.05, 0) is 49.7 Å². The first kappa shape index (κ1) is 21.5. The van der Waals surface area contributed by atoms with Crippen LogP contribution in [0.25, 0.3) is 0 Å². The Morgan fingerprint density at radius 3 is 2.17 bits per heavy atom. The molecule has 1 heterocycles. The van der Waals surface area contributed by atoms with Crippen molar-refractivity contribution in [1.82, 2.24) is 14.5 Å². The summed E-state index contributed by atoms with van der Waals surface area (Å²) in [7, 11) is -3.56. The normalized spacial score (nSPS) is 15.4. The lowest BCUT2D eigenvalue weighted by Crippen LogP contribution is -2.48. The smallest absolute Gasteiger partial charge is 0.253 e. The van der Waals surface area contributed by atoms with Gasteiger partial charge in [0.1, 0.15) is 0 Å². The van der Waals surface area contributed by atoms with Gasteiger partial charge < -0.3 is 4.90 Å². The topological polar surface area (TPSA) is 69.7 Å². The van der Waals surface area contributed by atoms with Gasteiger partial charge in [0, 0.05) is 38.3 Å². The highest BCUT2D eigenvalue weighted by Crippen LogP contribution is 2.13. The molecule has 7 heteroatoms. The van der Waals surface area contributed by atoms with Crippen LogP contribution in [0.5, 0.6) is 0 Å². The highest BCUT2D eigenvalue weighted by molar-refractivity contribution is 7.89. The number of rotatable bonds is 7. The van der Waals surface area contributed by atoms with Crippen molar-refractivity contribution in [2.75, 3.05) is 32.7 Å². The van der Waals surface area contributed by atoms with Gasteiger partial charge in [0.2, 0.25) is 10.0 Å². The lowest BCUT2D eigenvalue weighted by atomic mass is 10.1. The molecule has 0 aromatic heterocycles. The molecule has 6 nitrogen and oxygen atoms in total. The number of carbonyl (C=O) groups is 1. The molecule has 0 spiro atoms. The van der Waals surface area contributed by atoms with E-state index in [1.807, 2.05) is 11.8 Å². The van der Waals surface area contributed by atoms with Crippen LogP contribution >= 0.6 is 0 Å². The molecule has 1 saturated heterocycles. The molecular weight excluding hydrogens is 386 g/mol. The van der Waals surface area contributed by atoms with E-state index in [2.05, 4.69) is 16.5 Å². The average molecular weight is 416 g/mol. The van der Waals surface area contributed by atoms with Crippen LogP contribution in [0, 0.1) is 6.92 Å². The van der Waals surface area contributed by atoms with Gasteiger partial charge in [-0.2, -0.15) is 0 Å². The minimum Gasteiger partial charge on any atom is -0.336 e. The van der Waals surface area contributed by atoms with Gasteiger partial charge in [0.25, 0.3) is 5.91 Å². The summed E-state index contributed by atoms with van der Waals surface area (Å²) in [5.74, 6) is 0.0351. The minimum atomic E-state index is -3.56. The predicted octanol–water partition coefficient (Wildman–Crippen LogP) is 2.64. The van der Waals surface area contributed by atoms with Gasteiger partial charge in [0.15, 0.2) is 0 Å². The lowest BCUT2D eigenvalue weighted by molar-refractivity contribution is 0.0637. The number of piperazine rings is 1. The Morgan fingerprint density at radius 1 is 0.966 bits per heavy atom. The largest absolute Gasteiger partial charge is 0.336 e. The van der Waals surface area contributed by atoms with Crippen molar-refractivity contribution in [3.63, 3.8) is 0 Å². The molecule has 1 amide bonds. The molecule has 1 fully saturated rings. The van der Waals surface area contributed by atoms with Crippen LogP contribution in [0.15, 0.2) is 53.4 Å². The molecule has 2 aromatic rings. The molecule has 1 N–H and O–H groups in total. The second-order valence-corrected chi connectivity index (χ2v) is 9.24. The second-order valence-electron chi connectivity index (χ2n) is 7.47. The molecule has 0 atom stereocenters. The number of amides is 1. The summed E-state index contributed by atoms with van der Waals surface area (Å²) in [6.45, 7) is 8.66. The standard InChI is InChI=1S/C22H29N3O3S/c1-3-12-24-13-15-25(16-14-24)22(26)20-8-6-19(7-9-20)17-23-29(27,28)21-10-4-18(2)5-11-21/h4-11,23H,3,12-17H2,1-2H3. The lowest BCUT2D eigenvalue weighted by Gasteiger charge is -2.34. The third kappa shape index (κ3) is 5.65. The zero-order chi connectivity index (χ0) is 20.9. The van der Waals surface area contributed by atoms with Crippen LogP contribution in [0.3, 0.4) is 0 Å². The van der Waals surface area contributed by atoms with E-state index >= 15 is 0 Å². The average Bonchev–Trinajstić information content (AvgIpc) is 2.73. The maximum absolute atomic E-state index is 12.7. The van der Waals surface area contributed by atoms with Crippen molar-refractivity contribution in [3.8, 4) is 0 Å². The number of aryl methyl sites for hydroxylation is 1. The van der Waals surface area contributed by atoms with Crippen molar-refractivity contribution in [2.24, 2.45) is 0 Å². The van der Waals surface area contributed by atoms with Crippen molar-refractivity contribution < 1.29 is 13.2 Å². The Kier molecular flexibility index (Phi) is 7.05. The number of benzene rings is 2. The summed E-state index contributed by atoms with van der Waals surface area (Å²) in [5, 5.41) is 0. The molecule has 1 aliphatic rings. The molecule has 0 saturated carbocycles. The third-order valence-corrected chi connectivity index (χ3v) is 6.61. The molecule has 0 radical (unpaired) electrons. The molecular formula is C22H29N3O3S. The van der Waals surface area contributed by atoms with Gasteiger partial charge >= 0.3 is 0 Å². The molecule has 156 valence electrons. The van der Waals surface area contributed by atoms with Crippen molar-refractivity contribution in [3.05, 3.63) is 65.2 Å². The molecule has 3 rings (SSSR count). The Morgan fingerprint density at radius 2 is 1.59 bits per heavy atom. The molecule has 0 unspecified atom stereocenters. The number of hydrogen-bond acceptors (Lipinski definition) is 4. The number of nitrogens with one attached hydrogen (secondary N) is 1. The van der Waals surface area contributed by atoms with Crippen LogP contribution in [-0.2, 0) is 16.6 Å². The Balaban J connectivity index is 1.56. The number of nitrogens with zero attached hydrogens (tertiary/aromatic N) is 2. The van der Waals surface area contributed by atoms with Crippen molar-refractivity contribution in [1.29, 1.82) is 0 Å². The first-order valence-corrected chi connectivity index (χ1v) is 11.5. The SMILES string of the molecule is CCCN1CCN(C(=O)c2ccc(CNS(=O)(=O)c3ccc(C)cc3)cc2)CC1. The van der Waals surface area contributed by atoms with Gasteiger partial charge in [0.05, 0.1) is 4.90 Å². The fourth-order valence-electron chi connectivity index (χ4n) is 3.42. The van der Waals surface area contributed by atoms with Gasteiger partial charge in [-0.15, -0.1) is 0 Å². The first-order valence-electron chi connectivity index (χ1n) is 10.1. The fraction of sp³-hybridized carbons (Fsp3) is 0.409. The Bertz CT molecular complexity index is 917. The van der Waals surface area contributed by atoms with E-state index in [4.69, 9.17) is 0 Å². The highest BCUT2D eigenvalue weighted by Gasteiger charge is 2.21. The van der Waals surface area contributed by atoms with Crippen LogP contribution in [0.4, 0.5) is 0 Å². The summed E-state index contributed by atoms with van der Waals surface area (Å²) in [5.41, 5.74) is 2.46. The number of carbonyl (C=O) groups excluding carboxylic acids is 1. The van der Waals surface area contributed by atoms with Crippen LogP contribution in [0.2, 0.25) is 0 Å². The summed E-state index contributed by atoms with van der Waals surface area (Å²) < 4.78 is 27.4. The van der Waals surface area contributed by atoms with Gasteiger partial charge in [-0.3, -0.25) is 9.69 Å². The highest BCUT2D eigenvalue weighted by atomic mass is 32.2. The summed E-state index contributed by atoms with van der Waals surface area (Å²) in [6, 6.07) is 13.9. The molecule has 2 aromatic carbocycles. The second kappa shape index (κ2) is 9.52. The van der Waals surface area contributed by atoms with E-state index in [-0.39, 0.29) is 17.3 Å². The van der Waals surface area contributed by atoms with Gasteiger partial charge in [-0.25, -0.2) is 13.1 Å². The minimum absolute atomic E-state index is 0.0351. The fourth-order valence-corrected chi connectivity index (χ4v) is 4.44. The maximum atomic E-state index is 12.7. The maximum Gasteiger partial charge on any atom is 0.253 e. The van der Waals surface area contributed by atoms with E-state index < -0.39 is 10.0 Å². The molecule has 0 aliphatic carbocycles. The summed E-state index contributed by atoms with van der Waals surface area (Å²) in [4.78, 5) is 17.2. The number of sulfonamides is 1. The zero-order valence-electron chi connectivity index (χ0n) is 17.1. The van der Waals surface area contributed by atoms with Crippen molar-refractivity contribution in [2.45, 2.75) is 31.7 Å². The summed E-state index contributed by atoms with van der Waals surface area (Å²) in [6.07, 6.45) is 1.13. The zero-order valence-corrected chi connectivity index (χ0v) is 17.9. The van der Waals surface area contributed by atoms with E-state index in [1.165, 1.54) is 0 Å². The first-order chi connectivity index (χ1) is 13.9. The van der Waals surface area contributed by atoms with Crippen LogP contribution in [-0.4, -0.2) is 56.8 Å². The van der Waals surface area contributed by atoms with Crippen LogP contribution < -0.4 is 4.72 Å². The van der Waals surface area contributed by atoms with E-state index in [1.54, 1.807) is 48.5 Å².